The summed E-state index contributed by atoms with van der Waals surface area (Å²) in [5.74, 6) is -1.79. The highest BCUT2D eigenvalue weighted by Gasteiger charge is 2.53. The third kappa shape index (κ3) is 0.704. The lowest BCUT2D eigenvalue weighted by molar-refractivity contribution is -0.158. The van der Waals surface area contributed by atoms with Gasteiger partial charge in [0.15, 0.2) is 11.8 Å². The molecule has 2 atom stereocenters. The van der Waals surface area contributed by atoms with E-state index >= 15 is 0 Å². The van der Waals surface area contributed by atoms with Crippen LogP contribution in [0.5, 0.6) is 0 Å². The van der Waals surface area contributed by atoms with Crippen molar-refractivity contribution in [2.75, 3.05) is 0 Å². The third-order valence-electron chi connectivity index (χ3n) is 2.35. The SMILES string of the molecule is O=C(O)[C@H]1C(=O)C[C@@H]2CC(=O)N21. The first-order chi connectivity index (χ1) is 5.61. The number of hydrogen-bond acceptors (Lipinski definition) is 3. The fraction of sp³-hybridized carbons (Fsp3) is 0.571. The standard InChI is InChI=1S/C7H7NO4/c9-4-1-3-2-5(10)8(3)6(4)7(11)12/h3,6H,1-2H2,(H,11,12)/t3-,6-/m1/s1. The summed E-state index contributed by atoms with van der Waals surface area (Å²) in [5, 5.41) is 8.61. The Labute approximate surface area is 68.0 Å². The van der Waals surface area contributed by atoms with Gasteiger partial charge in [-0.15, -0.1) is 0 Å². The second-order valence-electron chi connectivity index (χ2n) is 3.07. The average molecular weight is 169 g/mol. The zero-order valence-electron chi connectivity index (χ0n) is 6.19. The van der Waals surface area contributed by atoms with Crippen molar-refractivity contribution in [1.29, 1.82) is 0 Å². The van der Waals surface area contributed by atoms with Crippen LogP contribution in [0.25, 0.3) is 0 Å². The second kappa shape index (κ2) is 2.06. The van der Waals surface area contributed by atoms with E-state index in [1.54, 1.807) is 0 Å². The number of rotatable bonds is 1. The highest BCUT2D eigenvalue weighted by molar-refractivity contribution is 6.10. The molecule has 2 aliphatic heterocycles. The maximum Gasteiger partial charge on any atom is 0.334 e. The number of hydrogen-bond donors (Lipinski definition) is 1. The number of carbonyl (C=O) groups is 3. The Kier molecular flexibility index (Phi) is 1.25. The van der Waals surface area contributed by atoms with Crippen molar-refractivity contribution in [2.24, 2.45) is 0 Å². The Balaban J connectivity index is 2.26. The van der Waals surface area contributed by atoms with E-state index in [4.69, 9.17) is 5.11 Å². The molecule has 2 heterocycles. The van der Waals surface area contributed by atoms with Crippen molar-refractivity contribution in [1.82, 2.24) is 4.90 Å². The van der Waals surface area contributed by atoms with Gasteiger partial charge < -0.3 is 10.0 Å². The molecule has 5 heteroatoms. The van der Waals surface area contributed by atoms with E-state index < -0.39 is 12.0 Å². The fourth-order valence-corrected chi connectivity index (χ4v) is 1.78. The molecule has 1 amide bonds. The largest absolute Gasteiger partial charge is 0.479 e. The summed E-state index contributed by atoms with van der Waals surface area (Å²) in [5.41, 5.74) is 0. The van der Waals surface area contributed by atoms with Crippen LogP contribution in [0.2, 0.25) is 0 Å². The smallest absolute Gasteiger partial charge is 0.334 e. The molecule has 0 aliphatic carbocycles. The molecule has 0 saturated carbocycles. The molecular formula is C7H7NO4. The minimum Gasteiger partial charge on any atom is -0.479 e. The topological polar surface area (TPSA) is 74.7 Å². The lowest BCUT2D eigenvalue weighted by Crippen LogP contribution is -2.55. The van der Waals surface area contributed by atoms with Crippen LogP contribution in [0.1, 0.15) is 12.8 Å². The van der Waals surface area contributed by atoms with E-state index in [1.165, 1.54) is 4.90 Å². The van der Waals surface area contributed by atoms with Crippen LogP contribution >= 0.6 is 0 Å². The summed E-state index contributed by atoms with van der Waals surface area (Å²) in [4.78, 5) is 33.6. The molecule has 64 valence electrons. The number of carboxylic acid groups (broad SMARTS) is 1. The van der Waals surface area contributed by atoms with E-state index in [0.29, 0.717) is 6.42 Å². The number of amides is 1. The summed E-state index contributed by atoms with van der Waals surface area (Å²) in [6.07, 6.45) is 0.540. The Hall–Kier alpha value is -1.39. The van der Waals surface area contributed by atoms with E-state index in [0.717, 1.165) is 0 Å². The van der Waals surface area contributed by atoms with Gasteiger partial charge in [-0.05, 0) is 0 Å². The zero-order valence-corrected chi connectivity index (χ0v) is 6.19. The molecule has 0 bridgehead atoms. The molecular weight excluding hydrogens is 162 g/mol. The number of nitrogens with zero attached hydrogens (tertiary/aromatic N) is 1. The zero-order chi connectivity index (χ0) is 8.88. The summed E-state index contributed by atoms with van der Waals surface area (Å²) < 4.78 is 0. The monoisotopic (exact) mass is 169 g/mol. The molecule has 0 aromatic carbocycles. The van der Waals surface area contributed by atoms with Crippen molar-refractivity contribution in [3.05, 3.63) is 0 Å². The maximum absolute atomic E-state index is 11.0. The molecule has 0 unspecified atom stereocenters. The van der Waals surface area contributed by atoms with Crippen LogP contribution in [0.3, 0.4) is 0 Å². The number of β-lactam (4-membered cyclic amide) rings is 1. The van der Waals surface area contributed by atoms with Gasteiger partial charge in [0.05, 0.1) is 0 Å². The molecule has 0 aromatic rings. The third-order valence-corrected chi connectivity index (χ3v) is 2.35. The van der Waals surface area contributed by atoms with Crippen molar-refractivity contribution in [3.63, 3.8) is 0 Å². The lowest BCUT2D eigenvalue weighted by Gasteiger charge is -2.35. The Morgan fingerprint density at radius 3 is 2.50 bits per heavy atom. The molecule has 0 radical (unpaired) electrons. The molecule has 1 N–H and O–H groups in total. The molecule has 0 spiro atoms. The number of carbonyl (C=O) groups excluding carboxylic acids is 2. The quantitative estimate of drug-likeness (QED) is 0.404. The molecule has 0 aromatic heterocycles. The number of carboxylic acids is 1. The van der Waals surface area contributed by atoms with Crippen molar-refractivity contribution >= 4 is 17.7 Å². The van der Waals surface area contributed by atoms with Gasteiger partial charge in [0, 0.05) is 18.9 Å². The average Bonchev–Trinajstić information content (AvgIpc) is 2.22. The first-order valence-electron chi connectivity index (χ1n) is 3.68. The second-order valence-corrected chi connectivity index (χ2v) is 3.07. The van der Waals surface area contributed by atoms with Crippen LogP contribution in [-0.4, -0.2) is 39.7 Å². The van der Waals surface area contributed by atoms with Gasteiger partial charge in [-0.25, -0.2) is 4.79 Å². The van der Waals surface area contributed by atoms with Crippen LogP contribution in [0.15, 0.2) is 0 Å². The molecule has 5 nitrogen and oxygen atoms in total. The van der Waals surface area contributed by atoms with Crippen LogP contribution < -0.4 is 0 Å². The van der Waals surface area contributed by atoms with Gasteiger partial charge in [-0.1, -0.05) is 0 Å². The van der Waals surface area contributed by atoms with Gasteiger partial charge in [-0.3, -0.25) is 9.59 Å². The van der Waals surface area contributed by atoms with Crippen molar-refractivity contribution in [3.8, 4) is 0 Å². The normalized spacial score (nSPS) is 33.2. The first kappa shape index (κ1) is 7.27. The molecule has 2 rings (SSSR count). The fourth-order valence-electron chi connectivity index (χ4n) is 1.78. The predicted molar refractivity (Wildman–Crippen MR) is 36.3 cm³/mol. The van der Waals surface area contributed by atoms with Crippen molar-refractivity contribution in [2.45, 2.75) is 24.9 Å². The van der Waals surface area contributed by atoms with E-state index in [1.807, 2.05) is 0 Å². The number of Topliss-reactive ketones (excluding diaryl/α,β-unsaturated/α-hetero) is 1. The van der Waals surface area contributed by atoms with E-state index in [-0.39, 0.29) is 24.2 Å². The summed E-state index contributed by atoms with van der Waals surface area (Å²) in [6.45, 7) is 0. The molecule has 2 aliphatic rings. The van der Waals surface area contributed by atoms with Crippen molar-refractivity contribution < 1.29 is 19.5 Å². The minimum atomic E-state index is -1.21. The van der Waals surface area contributed by atoms with Crippen LogP contribution in [0, 0.1) is 0 Å². The number of aliphatic carboxylic acids is 1. The van der Waals surface area contributed by atoms with E-state index in [2.05, 4.69) is 0 Å². The van der Waals surface area contributed by atoms with E-state index in [9.17, 15) is 14.4 Å². The lowest BCUT2D eigenvalue weighted by atomic mass is 10.0. The van der Waals surface area contributed by atoms with Gasteiger partial charge in [-0.2, -0.15) is 0 Å². The van der Waals surface area contributed by atoms with Crippen LogP contribution in [-0.2, 0) is 14.4 Å². The van der Waals surface area contributed by atoms with Gasteiger partial charge in [0.25, 0.3) is 0 Å². The Morgan fingerprint density at radius 1 is 1.42 bits per heavy atom. The van der Waals surface area contributed by atoms with Gasteiger partial charge >= 0.3 is 5.97 Å². The summed E-state index contributed by atoms with van der Waals surface area (Å²) in [6, 6.07) is -1.33. The summed E-state index contributed by atoms with van der Waals surface area (Å²) >= 11 is 0. The maximum atomic E-state index is 11.0. The molecule has 2 fully saturated rings. The summed E-state index contributed by atoms with van der Waals surface area (Å²) in [7, 11) is 0. The highest BCUT2D eigenvalue weighted by atomic mass is 16.4. The molecule has 12 heavy (non-hydrogen) atoms. The van der Waals surface area contributed by atoms with Gasteiger partial charge in [0.1, 0.15) is 0 Å². The number of fused-ring (bicyclic) bond motifs is 1. The Morgan fingerprint density at radius 2 is 2.08 bits per heavy atom. The predicted octanol–water partition coefficient (Wildman–Crippen LogP) is -0.987. The Bertz CT molecular complexity index is 285. The molecule has 2 saturated heterocycles. The van der Waals surface area contributed by atoms with Crippen LogP contribution in [0.4, 0.5) is 0 Å². The van der Waals surface area contributed by atoms with Gasteiger partial charge in [0.2, 0.25) is 5.91 Å². The minimum absolute atomic E-state index is 0.133. The first-order valence-corrected chi connectivity index (χ1v) is 3.68. The number of ketones is 1. The highest BCUT2D eigenvalue weighted by Crippen LogP contribution is 2.32.